The summed E-state index contributed by atoms with van der Waals surface area (Å²) in [5.74, 6) is 0. The van der Waals surface area contributed by atoms with Crippen LogP contribution < -0.4 is 5.43 Å². The van der Waals surface area contributed by atoms with Gasteiger partial charge in [-0.25, -0.2) is 0 Å². The molecule has 0 aliphatic carbocycles. The molecule has 0 radical (unpaired) electrons. The summed E-state index contributed by atoms with van der Waals surface area (Å²) in [6.07, 6.45) is -5.34. The first-order valence-corrected chi connectivity index (χ1v) is 7.16. The van der Waals surface area contributed by atoms with Crippen molar-refractivity contribution in [3.05, 3.63) is 34.2 Å². The number of benzene rings is 1. The smallest absolute Gasteiger partial charge is 0.362 e. The number of nitrogens with one attached hydrogen (secondary N) is 1. The van der Waals surface area contributed by atoms with E-state index in [4.69, 9.17) is 0 Å². The van der Waals surface area contributed by atoms with E-state index in [1.165, 1.54) is 11.3 Å². The third kappa shape index (κ3) is 2.20. The molecule has 2 aromatic rings. The Balaban J connectivity index is 2.02. The number of aryl methyl sites for hydroxylation is 2. The van der Waals surface area contributed by atoms with E-state index >= 15 is 0 Å². The summed E-state index contributed by atoms with van der Waals surface area (Å²) >= 11 is 1.39. The minimum absolute atomic E-state index is 0.242. The molecule has 0 saturated carbocycles. The number of rotatable bonds is 1. The van der Waals surface area contributed by atoms with Gasteiger partial charge in [-0.1, -0.05) is 17.7 Å². The molecule has 1 aliphatic heterocycles. The van der Waals surface area contributed by atoms with E-state index in [2.05, 4.69) is 5.10 Å². The summed E-state index contributed by atoms with van der Waals surface area (Å²) in [5, 5.41) is 14.3. The number of thiophene rings is 1. The molecule has 1 atom stereocenters. The van der Waals surface area contributed by atoms with Crippen LogP contribution in [0.25, 0.3) is 10.1 Å². The number of halogens is 3. The third-order valence-electron chi connectivity index (χ3n) is 3.62. The Hall–Kier alpha value is -1.60. The number of alkyl halides is 3. The summed E-state index contributed by atoms with van der Waals surface area (Å²) in [7, 11) is 0. The van der Waals surface area contributed by atoms with Crippen LogP contribution in [0, 0.1) is 13.8 Å². The minimum Gasteiger partial charge on any atom is -0.362 e. The van der Waals surface area contributed by atoms with Crippen molar-refractivity contribution in [3.8, 4) is 0 Å². The molecule has 0 unspecified atom stereocenters. The lowest BCUT2D eigenvalue weighted by atomic mass is 10.0. The molecule has 2 heterocycles. The zero-order chi connectivity index (χ0) is 15.4. The highest BCUT2D eigenvalue weighted by Gasteiger charge is 2.57. The molecule has 1 aliphatic rings. The number of nitrogens with zero attached hydrogens (tertiary/aromatic N) is 1. The molecule has 0 saturated heterocycles. The maximum Gasteiger partial charge on any atom is 0.438 e. The van der Waals surface area contributed by atoms with E-state index in [-0.39, 0.29) is 5.71 Å². The first-order chi connectivity index (χ1) is 9.71. The van der Waals surface area contributed by atoms with Crippen molar-refractivity contribution in [2.75, 3.05) is 0 Å². The summed E-state index contributed by atoms with van der Waals surface area (Å²) < 4.78 is 39.4. The van der Waals surface area contributed by atoms with Crippen LogP contribution in [0.1, 0.15) is 22.4 Å². The van der Waals surface area contributed by atoms with E-state index in [0.29, 0.717) is 4.88 Å². The Morgan fingerprint density at radius 2 is 2.05 bits per heavy atom. The number of hydrogen-bond donors (Lipinski definition) is 2. The average molecular weight is 314 g/mol. The van der Waals surface area contributed by atoms with Gasteiger partial charge in [0.1, 0.15) is 0 Å². The quantitative estimate of drug-likeness (QED) is 0.846. The second-order valence-corrected chi connectivity index (χ2v) is 6.31. The van der Waals surface area contributed by atoms with E-state index in [0.717, 1.165) is 21.2 Å². The van der Waals surface area contributed by atoms with Crippen LogP contribution in [0.5, 0.6) is 0 Å². The van der Waals surface area contributed by atoms with E-state index < -0.39 is 18.3 Å². The first-order valence-electron chi connectivity index (χ1n) is 6.34. The van der Waals surface area contributed by atoms with Gasteiger partial charge in [0.25, 0.3) is 5.72 Å². The van der Waals surface area contributed by atoms with E-state index in [1.807, 2.05) is 37.5 Å². The molecule has 0 amide bonds. The molecule has 3 rings (SSSR count). The van der Waals surface area contributed by atoms with Gasteiger partial charge in [0.15, 0.2) is 0 Å². The Bertz CT molecular complexity index is 750. The second-order valence-electron chi connectivity index (χ2n) is 5.26. The highest BCUT2D eigenvalue weighted by atomic mass is 32.1. The van der Waals surface area contributed by atoms with E-state index in [9.17, 15) is 18.3 Å². The fourth-order valence-corrected chi connectivity index (χ4v) is 3.56. The Morgan fingerprint density at radius 1 is 1.33 bits per heavy atom. The van der Waals surface area contributed by atoms with Crippen LogP contribution >= 0.6 is 11.3 Å². The maximum atomic E-state index is 12.8. The van der Waals surface area contributed by atoms with Gasteiger partial charge in [-0.05, 0) is 30.9 Å². The summed E-state index contributed by atoms with van der Waals surface area (Å²) in [6, 6.07) is 5.91. The molecule has 0 fully saturated rings. The van der Waals surface area contributed by atoms with E-state index in [1.54, 1.807) is 0 Å². The van der Waals surface area contributed by atoms with Gasteiger partial charge in [0, 0.05) is 4.70 Å². The molecule has 1 aromatic heterocycles. The number of hydrogen-bond acceptors (Lipinski definition) is 4. The van der Waals surface area contributed by atoms with Crippen LogP contribution in [0.15, 0.2) is 23.3 Å². The van der Waals surface area contributed by atoms with Crippen LogP contribution in [0.4, 0.5) is 13.2 Å². The molecule has 0 spiro atoms. The van der Waals surface area contributed by atoms with Gasteiger partial charge >= 0.3 is 6.18 Å². The topological polar surface area (TPSA) is 44.6 Å². The zero-order valence-corrected chi connectivity index (χ0v) is 12.2. The number of aliphatic hydroxyl groups is 1. The highest BCUT2D eigenvalue weighted by molar-refractivity contribution is 7.21. The van der Waals surface area contributed by atoms with Crippen molar-refractivity contribution < 1.29 is 18.3 Å². The lowest BCUT2D eigenvalue weighted by molar-refractivity contribution is -0.266. The number of fused-ring (bicyclic) bond motifs is 1. The molecule has 0 bridgehead atoms. The first kappa shape index (κ1) is 14.3. The van der Waals surface area contributed by atoms with Gasteiger partial charge in [-0.15, -0.1) is 11.3 Å². The predicted molar refractivity (Wildman–Crippen MR) is 76.6 cm³/mol. The Morgan fingerprint density at radius 3 is 2.67 bits per heavy atom. The summed E-state index contributed by atoms with van der Waals surface area (Å²) in [5.41, 5.74) is 1.09. The van der Waals surface area contributed by atoms with Crippen LogP contribution in [0.3, 0.4) is 0 Å². The maximum absolute atomic E-state index is 12.8. The van der Waals surface area contributed by atoms with Crippen molar-refractivity contribution in [3.63, 3.8) is 0 Å². The SMILES string of the molecule is Cc1ccc2sc(C3=NN[C@@](O)(C(F)(F)F)C3)c(C)c2c1. The average Bonchev–Trinajstić information content (AvgIpc) is 2.92. The van der Waals surface area contributed by atoms with Crippen molar-refractivity contribution in [2.24, 2.45) is 5.10 Å². The number of hydrazone groups is 1. The van der Waals surface area contributed by atoms with Crippen molar-refractivity contribution in [2.45, 2.75) is 32.2 Å². The standard InChI is InChI=1S/C14H13F3N2OS/c1-7-3-4-11-9(5-7)8(2)12(21-11)10-6-13(20,19-18-10)14(15,16)17/h3-5,19-20H,6H2,1-2H3/t13-/m0/s1. The van der Waals surface area contributed by atoms with Gasteiger partial charge in [0.05, 0.1) is 17.0 Å². The fraction of sp³-hybridized carbons (Fsp3) is 0.357. The minimum atomic E-state index is -4.76. The Kier molecular flexibility index (Phi) is 3.04. The van der Waals surface area contributed by atoms with Gasteiger partial charge in [-0.2, -0.15) is 18.3 Å². The molecule has 21 heavy (non-hydrogen) atoms. The van der Waals surface area contributed by atoms with Gasteiger partial charge < -0.3 is 5.11 Å². The molecule has 2 N–H and O–H groups in total. The largest absolute Gasteiger partial charge is 0.438 e. The molecular formula is C14H13F3N2OS. The normalized spacial score (nSPS) is 22.5. The van der Waals surface area contributed by atoms with Crippen molar-refractivity contribution in [1.82, 2.24) is 5.43 Å². The zero-order valence-electron chi connectivity index (χ0n) is 11.4. The van der Waals surface area contributed by atoms with Crippen LogP contribution in [0.2, 0.25) is 0 Å². The molecule has 3 nitrogen and oxygen atoms in total. The fourth-order valence-electron chi connectivity index (χ4n) is 2.39. The predicted octanol–water partition coefficient (Wildman–Crippen LogP) is 3.47. The highest BCUT2D eigenvalue weighted by Crippen LogP contribution is 2.38. The van der Waals surface area contributed by atoms with Crippen molar-refractivity contribution in [1.29, 1.82) is 0 Å². The van der Waals surface area contributed by atoms with Gasteiger partial charge in [0.2, 0.25) is 0 Å². The van der Waals surface area contributed by atoms with Crippen molar-refractivity contribution >= 4 is 27.1 Å². The molecular weight excluding hydrogens is 301 g/mol. The molecule has 7 heteroatoms. The van der Waals surface area contributed by atoms with Gasteiger partial charge in [-0.3, -0.25) is 5.43 Å². The Labute approximate surface area is 123 Å². The van der Waals surface area contributed by atoms with Crippen LogP contribution in [-0.4, -0.2) is 22.7 Å². The molecule has 1 aromatic carbocycles. The summed E-state index contributed by atoms with van der Waals surface area (Å²) in [4.78, 5) is 0.684. The lowest BCUT2D eigenvalue weighted by Crippen LogP contribution is -2.52. The summed E-state index contributed by atoms with van der Waals surface area (Å²) in [6.45, 7) is 3.83. The van der Waals surface area contributed by atoms with Crippen LogP contribution in [-0.2, 0) is 0 Å². The molecule has 112 valence electrons. The monoisotopic (exact) mass is 314 g/mol. The third-order valence-corrected chi connectivity index (χ3v) is 4.94. The lowest BCUT2D eigenvalue weighted by Gasteiger charge is -2.24. The second kappa shape index (κ2) is 4.45.